The summed E-state index contributed by atoms with van der Waals surface area (Å²) in [7, 11) is 0. The highest BCUT2D eigenvalue weighted by Crippen LogP contribution is 2.23. The molecule has 0 atom stereocenters. The number of para-hydroxylation sites is 1. The molecule has 0 amide bonds. The molecular formula is C16H12N4. The van der Waals surface area contributed by atoms with Gasteiger partial charge in [-0.1, -0.05) is 18.2 Å². The van der Waals surface area contributed by atoms with Crippen molar-refractivity contribution in [3.05, 3.63) is 60.6 Å². The topological polar surface area (TPSA) is 43.1 Å². The maximum Gasteiger partial charge on any atom is 0.155 e. The van der Waals surface area contributed by atoms with Gasteiger partial charge in [0.05, 0.1) is 17.4 Å². The van der Waals surface area contributed by atoms with Gasteiger partial charge < -0.3 is 0 Å². The molecule has 4 nitrogen and oxygen atoms in total. The third-order valence-electron chi connectivity index (χ3n) is 3.37. The first-order valence-corrected chi connectivity index (χ1v) is 6.48. The highest BCUT2D eigenvalue weighted by atomic mass is 15.2. The lowest BCUT2D eigenvalue weighted by Crippen LogP contribution is -1.98. The van der Waals surface area contributed by atoms with E-state index >= 15 is 0 Å². The lowest BCUT2D eigenvalue weighted by molar-refractivity contribution is 0.937. The molecule has 0 bridgehead atoms. The summed E-state index contributed by atoms with van der Waals surface area (Å²) >= 11 is 0. The van der Waals surface area contributed by atoms with Gasteiger partial charge >= 0.3 is 0 Å². The van der Waals surface area contributed by atoms with Crippen molar-refractivity contribution in [2.24, 2.45) is 0 Å². The molecule has 0 unspecified atom stereocenters. The summed E-state index contributed by atoms with van der Waals surface area (Å²) in [5, 5.41) is 5.47. The van der Waals surface area contributed by atoms with Crippen LogP contribution in [0.2, 0.25) is 0 Å². The average Bonchev–Trinajstić information content (AvgIpc) is 2.94. The first kappa shape index (κ1) is 11.1. The molecule has 0 fully saturated rings. The van der Waals surface area contributed by atoms with Crippen LogP contribution in [0.25, 0.3) is 27.8 Å². The van der Waals surface area contributed by atoms with E-state index < -0.39 is 0 Å². The maximum atomic E-state index is 4.52. The van der Waals surface area contributed by atoms with E-state index in [-0.39, 0.29) is 0 Å². The van der Waals surface area contributed by atoms with Gasteiger partial charge in [-0.3, -0.25) is 4.98 Å². The molecule has 0 N–H and O–H groups in total. The molecule has 4 heteroatoms. The van der Waals surface area contributed by atoms with Crippen LogP contribution < -0.4 is 0 Å². The quantitative estimate of drug-likeness (QED) is 0.527. The van der Waals surface area contributed by atoms with Gasteiger partial charge in [0.25, 0.3) is 0 Å². The number of nitrogens with zero attached hydrogens (tertiary/aromatic N) is 4. The van der Waals surface area contributed by atoms with Crippen molar-refractivity contribution in [1.82, 2.24) is 19.6 Å². The van der Waals surface area contributed by atoms with Crippen LogP contribution in [-0.2, 0) is 0 Å². The Kier molecular flexibility index (Phi) is 2.29. The van der Waals surface area contributed by atoms with Crippen LogP contribution >= 0.6 is 0 Å². The van der Waals surface area contributed by atoms with Crippen molar-refractivity contribution < 1.29 is 0 Å². The number of benzene rings is 1. The molecule has 4 aromatic rings. The van der Waals surface area contributed by atoms with Gasteiger partial charge in [-0.15, -0.1) is 0 Å². The summed E-state index contributed by atoms with van der Waals surface area (Å²) in [6, 6.07) is 14.2. The Morgan fingerprint density at radius 1 is 1.05 bits per heavy atom. The average molecular weight is 260 g/mol. The van der Waals surface area contributed by atoms with Crippen LogP contribution in [0.5, 0.6) is 0 Å². The molecule has 0 radical (unpaired) electrons. The molecule has 0 saturated heterocycles. The number of aryl methyl sites for hydroxylation is 1. The molecule has 0 aliphatic rings. The van der Waals surface area contributed by atoms with Crippen LogP contribution in [0.3, 0.4) is 0 Å². The zero-order valence-electron chi connectivity index (χ0n) is 11.0. The molecule has 0 aliphatic carbocycles. The minimum atomic E-state index is 0.855. The minimum absolute atomic E-state index is 0.855. The Morgan fingerprint density at radius 3 is 2.90 bits per heavy atom. The highest BCUT2D eigenvalue weighted by molar-refractivity contribution is 5.83. The third-order valence-corrected chi connectivity index (χ3v) is 3.37. The van der Waals surface area contributed by atoms with E-state index in [2.05, 4.69) is 27.2 Å². The van der Waals surface area contributed by atoms with Crippen molar-refractivity contribution in [1.29, 1.82) is 0 Å². The minimum Gasteiger partial charge on any atom is -0.256 e. The summed E-state index contributed by atoms with van der Waals surface area (Å²) < 4.78 is 1.85. The van der Waals surface area contributed by atoms with Crippen molar-refractivity contribution >= 4 is 16.6 Å². The molecule has 96 valence electrons. The molecule has 0 spiro atoms. The van der Waals surface area contributed by atoms with E-state index in [1.54, 1.807) is 6.20 Å². The molecule has 1 aromatic carbocycles. The van der Waals surface area contributed by atoms with Gasteiger partial charge in [-0.2, -0.15) is 5.10 Å². The number of rotatable bonds is 1. The van der Waals surface area contributed by atoms with E-state index in [0.717, 1.165) is 33.5 Å². The summed E-state index contributed by atoms with van der Waals surface area (Å²) in [4.78, 5) is 8.98. The van der Waals surface area contributed by atoms with Crippen LogP contribution in [0.15, 0.2) is 54.9 Å². The fraction of sp³-hybridized carbons (Fsp3) is 0.0625. The number of hydrogen-bond acceptors (Lipinski definition) is 3. The Hall–Kier alpha value is -2.75. The Balaban J connectivity index is 2.02. The Morgan fingerprint density at radius 2 is 1.95 bits per heavy atom. The van der Waals surface area contributed by atoms with Crippen molar-refractivity contribution in [2.75, 3.05) is 0 Å². The molecule has 0 aliphatic heterocycles. The lowest BCUT2D eigenvalue weighted by Gasteiger charge is -2.07. The molecular weight excluding hydrogens is 248 g/mol. The van der Waals surface area contributed by atoms with Gasteiger partial charge in [0.15, 0.2) is 5.65 Å². The second-order valence-corrected chi connectivity index (χ2v) is 4.80. The predicted molar refractivity (Wildman–Crippen MR) is 78.5 cm³/mol. The SMILES string of the molecule is Cc1cc(-c2cnc3ccccc3c2)n2nccc2n1. The van der Waals surface area contributed by atoms with Crippen LogP contribution in [0, 0.1) is 6.92 Å². The monoisotopic (exact) mass is 260 g/mol. The van der Waals surface area contributed by atoms with Crippen LogP contribution in [0.4, 0.5) is 0 Å². The van der Waals surface area contributed by atoms with Crippen LogP contribution in [0.1, 0.15) is 5.69 Å². The number of aromatic nitrogens is 4. The zero-order valence-corrected chi connectivity index (χ0v) is 11.0. The lowest BCUT2D eigenvalue weighted by atomic mass is 10.1. The third kappa shape index (κ3) is 1.66. The van der Waals surface area contributed by atoms with Crippen molar-refractivity contribution in [2.45, 2.75) is 6.92 Å². The largest absolute Gasteiger partial charge is 0.256 e. The molecule has 0 saturated carbocycles. The normalized spacial score (nSPS) is 11.2. The second-order valence-electron chi connectivity index (χ2n) is 4.80. The molecule has 3 aromatic heterocycles. The first-order chi connectivity index (χ1) is 9.81. The van der Waals surface area contributed by atoms with E-state index in [1.807, 2.05) is 48.0 Å². The second kappa shape index (κ2) is 4.13. The van der Waals surface area contributed by atoms with Gasteiger partial charge in [-0.25, -0.2) is 9.50 Å². The highest BCUT2D eigenvalue weighted by Gasteiger charge is 2.08. The smallest absolute Gasteiger partial charge is 0.155 e. The fourth-order valence-electron chi connectivity index (χ4n) is 2.46. The Bertz CT molecular complexity index is 924. The maximum absolute atomic E-state index is 4.52. The standard InChI is InChI=1S/C16H12N4/c1-11-8-15(20-16(19-11)6-7-18-20)13-9-12-4-2-3-5-14(12)17-10-13/h2-10H,1H3. The van der Waals surface area contributed by atoms with E-state index in [9.17, 15) is 0 Å². The number of fused-ring (bicyclic) bond motifs is 2. The summed E-state index contributed by atoms with van der Waals surface area (Å²) in [6.07, 6.45) is 3.65. The van der Waals surface area contributed by atoms with Gasteiger partial charge in [0.1, 0.15) is 0 Å². The van der Waals surface area contributed by atoms with E-state index in [1.165, 1.54) is 0 Å². The first-order valence-electron chi connectivity index (χ1n) is 6.48. The number of hydrogen-bond donors (Lipinski definition) is 0. The predicted octanol–water partition coefficient (Wildman–Crippen LogP) is 3.25. The molecule has 4 rings (SSSR count). The van der Waals surface area contributed by atoms with E-state index in [4.69, 9.17) is 0 Å². The summed E-state index contributed by atoms with van der Waals surface area (Å²) in [5.41, 5.74) is 4.88. The van der Waals surface area contributed by atoms with Crippen LogP contribution in [-0.4, -0.2) is 19.6 Å². The van der Waals surface area contributed by atoms with Crippen molar-refractivity contribution in [3.63, 3.8) is 0 Å². The fourth-order valence-corrected chi connectivity index (χ4v) is 2.46. The molecule has 20 heavy (non-hydrogen) atoms. The zero-order chi connectivity index (χ0) is 13.5. The Labute approximate surface area is 115 Å². The van der Waals surface area contributed by atoms with Gasteiger partial charge in [-0.05, 0) is 25.1 Å². The van der Waals surface area contributed by atoms with Gasteiger partial charge in [0, 0.05) is 28.9 Å². The molecule has 3 heterocycles. The number of pyridine rings is 1. The summed E-state index contributed by atoms with van der Waals surface area (Å²) in [6.45, 7) is 1.99. The summed E-state index contributed by atoms with van der Waals surface area (Å²) in [5.74, 6) is 0. The van der Waals surface area contributed by atoms with Gasteiger partial charge in [0.2, 0.25) is 0 Å². The van der Waals surface area contributed by atoms with E-state index in [0.29, 0.717) is 0 Å². The van der Waals surface area contributed by atoms with Crippen molar-refractivity contribution in [3.8, 4) is 11.3 Å².